The van der Waals surface area contributed by atoms with E-state index in [0.29, 0.717) is 0 Å². The lowest BCUT2D eigenvalue weighted by atomic mass is 9.65. The van der Waals surface area contributed by atoms with Gasteiger partial charge in [0.05, 0.1) is 0 Å². The molecule has 2 aromatic rings. The Morgan fingerprint density at radius 1 is 0.758 bits per heavy atom. The number of allylic oxidation sites excluding steroid dienone is 1. The normalized spacial score (nSPS) is 16.3. The molecule has 33 heavy (non-hydrogen) atoms. The van der Waals surface area contributed by atoms with Crippen molar-refractivity contribution >= 4 is 0 Å². The van der Waals surface area contributed by atoms with Crippen LogP contribution in [-0.2, 0) is 5.41 Å². The molecule has 1 fully saturated rings. The van der Waals surface area contributed by atoms with Crippen LogP contribution in [0, 0.1) is 5.41 Å². The van der Waals surface area contributed by atoms with Gasteiger partial charge in [-0.05, 0) is 81.3 Å². The molecule has 2 nitrogen and oxygen atoms in total. The molecule has 0 amide bonds. The summed E-state index contributed by atoms with van der Waals surface area (Å²) >= 11 is 0. The SMILES string of the molecule is C=C(Oc1ccc(C2(c3ccc(OC(C)(C)CC)cc3)CCCCC2)cc1)C(C)(CC)CC. The second-order valence-corrected chi connectivity index (χ2v) is 10.7. The minimum Gasteiger partial charge on any atom is -0.488 e. The highest BCUT2D eigenvalue weighted by Crippen LogP contribution is 2.46. The molecule has 1 aliphatic carbocycles. The molecule has 0 saturated heterocycles. The Morgan fingerprint density at radius 3 is 1.70 bits per heavy atom. The van der Waals surface area contributed by atoms with Crippen LogP contribution in [0.4, 0.5) is 0 Å². The highest BCUT2D eigenvalue weighted by molar-refractivity contribution is 5.44. The standard InChI is InChI=1S/C31H44O2/c1-8-29(5,6)33-28-20-16-26(17-21-28)31(22-12-11-13-23-31)25-14-18-27(19-15-25)32-24(4)30(7,9-2)10-3/h14-21H,4,8-13,22-23H2,1-3,5-7H3. The van der Waals surface area contributed by atoms with Gasteiger partial charge in [0.1, 0.15) is 22.9 Å². The van der Waals surface area contributed by atoms with E-state index in [-0.39, 0.29) is 16.4 Å². The van der Waals surface area contributed by atoms with Gasteiger partial charge in [-0.15, -0.1) is 0 Å². The van der Waals surface area contributed by atoms with Crippen molar-refractivity contribution in [2.45, 2.75) is 104 Å². The molecule has 1 saturated carbocycles. The van der Waals surface area contributed by atoms with Crippen molar-refractivity contribution in [3.63, 3.8) is 0 Å². The van der Waals surface area contributed by atoms with Crippen LogP contribution in [0.5, 0.6) is 11.5 Å². The Bertz CT molecular complexity index is 895. The molecule has 2 aromatic carbocycles. The van der Waals surface area contributed by atoms with Gasteiger partial charge in [-0.2, -0.15) is 0 Å². The van der Waals surface area contributed by atoms with E-state index in [1.165, 1.54) is 43.2 Å². The van der Waals surface area contributed by atoms with Gasteiger partial charge in [-0.25, -0.2) is 0 Å². The Hall–Kier alpha value is -2.22. The van der Waals surface area contributed by atoms with Crippen LogP contribution < -0.4 is 9.47 Å². The second-order valence-electron chi connectivity index (χ2n) is 10.7. The summed E-state index contributed by atoms with van der Waals surface area (Å²) in [6.45, 7) is 17.3. The summed E-state index contributed by atoms with van der Waals surface area (Å²) in [4.78, 5) is 0. The second kappa shape index (κ2) is 10.4. The molecule has 0 heterocycles. The summed E-state index contributed by atoms with van der Waals surface area (Å²) in [7, 11) is 0. The molecule has 0 atom stereocenters. The number of rotatable bonds is 10. The topological polar surface area (TPSA) is 18.5 Å². The van der Waals surface area contributed by atoms with Gasteiger partial charge in [0, 0.05) is 10.8 Å². The van der Waals surface area contributed by atoms with Crippen LogP contribution in [0.3, 0.4) is 0 Å². The molecular formula is C31H44O2. The van der Waals surface area contributed by atoms with Gasteiger partial charge in [0.2, 0.25) is 0 Å². The third kappa shape index (κ3) is 5.65. The Balaban J connectivity index is 1.85. The van der Waals surface area contributed by atoms with Gasteiger partial charge < -0.3 is 9.47 Å². The van der Waals surface area contributed by atoms with E-state index in [0.717, 1.165) is 36.5 Å². The summed E-state index contributed by atoms with van der Waals surface area (Å²) in [5, 5.41) is 0. The maximum Gasteiger partial charge on any atom is 0.126 e. The number of benzene rings is 2. The monoisotopic (exact) mass is 448 g/mol. The molecule has 0 radical (unpaired) electrons. The Labute approximate surface area is 202 Å². The molecule has 0 aromatic heterocycles. The van der Waals surface area contributed by atoms with Gasteiger partial charge in [-0.1, -0.05) is 77.8 Å². The molecule has 3 rings (SSSR count). The lowest BCUT2D eigenvalue weighted by Gasteiger charge is -2.39. The molecule has 0 N–H and O–H groups in total. The van der Waals surface area contributed by atoms with E-state index in [2.05, 4.69) is 96.7 Å². The first kappa shape index (κ1) is 25.4. The third-order valence-electron chi connectivity index (χ3n) is 8.24. The predicted molar refractivity (Wildman–Crippen MR) is 140 cm³/mol. The van der Waals surface area contributed by atoms with Crippen molar-refractivity contribution in [1.82, 2.24) is 0 Å². The molecule has 0 bridgehead atoms. The zero-order valence-electron chi connectivity index (χ0n) is 21.8. The lowest BCUT2D eigenvalue weighted by Crippen LogP contribution is -2.30. The van der Waals surface area contributed by atoms with Crippen LogP contribution in [0.1, 0.15) is 104 Å². The van der Waals surface area contributed by atoms with Gasteiger partial charge in [-0.3, -0.25) is 0 Å². The third-order valence-corrected chi connectivity index (χ3v) is 8.24. The maximum absolute atomic E-state index is 6.21. The van der Waals surface area contributed by atoms with Gasteiger partial charge in [0.15, 0.2) is 0 Å². The quantitative estimate of drug-likeness (QED) is 0.337. The summed E-state index contributed by atoms with van der Waals surface area (Å²) < 4.78 is 12.4. The van der Waals surface area contributed by atoms with Gasteiger partial charge >= 0.3 is 0 Å². The maximum atomic E-state index is 6.21. The summed E-state index contributed by atoms with van der Waals surface area (Å²) in [6.07, 6.45) is 9.26. The lowest BCUT2D eigenvalue weighted by molar-refractivity contribution is 0.105. The highest BCUT2D eigenvalue weighted by atomic mass is 16.5. The fourth-order valence-corrected chi connectivity index (χ4v) is 4.88. The van der Waals surface area contributed by atoms with E-state index in [4.69, 9.17) is 9.47 Å². The van der Waals surface area contributed by atoms with E-state index in [9.17, 15) is 0 Å². The summed E-state index contributed by atoms with van der Waals surface area (Å²) in [5.41, 5.74) is 2.71. The highest BCUT2D eigenvalue weighted by Gasteiger charge is 2.36. The van der Waals surface area contributed by atoms with E-state index < -0.39 is 0 Å². The van der Waals surface area contributed by atoms with Crippen LogP contribution in [0.15, 0.2) is 60.9 Å². The number of hydrogen-bond donors (Lipinski definition) is 0. The van der Waals surface area contributed by atoms with Crippen molar-refractivity contribution in [2.24, 2.45) is 5.41 Å². The fraction of sp³-hybridized carbons (Fsp3) is 0.548. The smallest absolute Gasteiger partial charge is 0.126 e. The summed E-state index contributed by atoms with van der Waals surface area (Å²) in [6, 6.07) is 17.7. The zero-order valence-corrected chi connectivity index (χ0v) is 21.8. The van der Waals surface area contributed by atoms with Crippen LogP contribution in [0.2, 0.25) is 0 Å². The zero-order chi connectivity index (χ0) is 24.1. The predicted octanol–water partition coefficient (Wildman–Crippen LogP) is 9.22. The first-order valence-corrected chi connectivity index (χ1v) is 13.0. The molecule has 2 heteroatoms. The molecule has 0 unspecified atom stereocenters. The Kier molecular flexibility index (Phi) is 7.98. The average molecular weight is 449 g/mol. The molecule has 0 aliphatic heterocycles. The summed E-state index contributed by atoms with van der Waals surface area (Å²) in [5.74, 6) is 2.69. The van der Waals surface area contributed by atoms with Crippen molar-refractivity contribution in [2.75, 3.05) is 0 Å². The molecule has 180 valence electrons. The van der Waals surface area contributed by atoms with Gasteiger partial charge in [0.25, 0.3) is 0 Å². The van der Waals surface area contributed by atoms with Crippen molar-refractivity contribution in [1.29, 1.82) is 0 Å². The number of hydrogen-bond acceptors (Lipinski definition) is 2. The molecule has 1 aliphatic rings. The fourth-order valence-electron chi connectivity index (χ4n) is 4.88. The average Bonchev–Trinajstić information content (AvgIpc) is 2.84. The van der Waals surface area contributed by atoms with Crippen molar-refractivity contribution < 1.29 is 9.47 Å². The molecule has 0 spiro atoms. The minimum atomic E-state index is -0.143. The largest absolute Gasteiger partial charge is 0.488 e. The van der Waals surface area contributed by atoms with Crippen LogP contribution >= 0.6 is 0 Å². The van der Waals surface area contributed by atoms with Crippen molar-refractivity contribution in [3.8, 4) is 11.5 Å². The molecular weight excluding hydrogens is 404 g/mol. The van der Waals surface area contributed by atoms with Crippen LogP contribution in [0.25, 0.3) is 0 Å². The first-order valence-electron chi connectivity index (χ1n) is 13.0. The van der Waals surface area contributed by atoms with E-state index >= 15 is 0 Å². The Morgan fingerprint density at radius 2 is 1.24 bits per heavy atom. The first-order chi connectivity index (χ1) is 15.7. The minimum absolute atomic E-state index is 0.0133. The van der Waals surface area contributed by atoms with E-state index in [1.807, 2.05) is 0 Å². The van der Waals surface area contributed by atoms with Crippen LogP contribution in [-0.4, -0.2) is 5.60 Å². The number of ether oxygens (including phenoxy) is 2. The van der Waals surface area contributed by atoms with Crippen molar-refractivity contribution in [3.05, 3.63) is 72.0 Å². The van der Waals surface area contributed by atoms with E-state index in [1.54, 1.807) is 0 Å².